The predicted octanol–water partition coefficient (Wildman–Crippen LogP) is 3.26. The first kappa shape index (κ1) is 12.7. The van der Waals surface area contributed by atoms with E-state index in [9.17, 15) is 0 Å². The van der Waals surface area contributed by atoms with Crippen LogP contribution in [-0.2, 0) is 6.42 Å². The van der Waals surface area contributed by atoms with Crippen molar-refractivity contribution in [3.05, 3.63) is 29.8 Å². The Morgan fingerprint density at radius 3 is 2.60 bits per heavy atom. The number of methoxy groups -OCH3 is 1. The largest absolute Gasteiger partial charge is 0.497 e. The molecule has 0 radical (unpaired) electrons. The fourth-order valence-electron chi connectivity index (χ4n) is 1.23. The summed E-state index contributed by atoms with van der Waals surface area (Å²) in [6, 6.07) is 8.01. The number of halogens is 1. The van der Waals surface area contributed by atoms with Crippen molar-refractivity contribution in [3.63, 3.8) is 0 Å². The molecule has 80 valence electrons. The SMILES string of the molecule is COc1ccc(CC(CI)SC#N)cc1. The standard InChI is InChI=1S/C11H12INOS/c1-14-10-4-2-9(3-5-10)6-11(7-12)15-8-13/h2-5,11H,6-7H2,1H3. The van der Waals surface area contributed by atoms with Gasteiger partial charge in [0.05, 0.1) is 7.11 Å². The lowest BCUT2D eigenvalue weighted by Crippen LogP contribution is -2.07. The quantitative estimate of drug-likeness (QED) is 0.471. The van der Waals surface area contributed by atoms with Gasteiger partial charge in [-0.1, -0.05) is 34.7 Å². The molecule has 1 unspecified atom stereocenters. The molecule has 4 heteroatoms. The van der Waals surface area contributed by atoms with Crippen LogP contribution in [0.25, 0.3) is 0 Å². The van der Waals surface area contributed by atoms with Crippen LogP contribution in [0.4, 0.5) is 0 Å². The summed E-state index contributed by atoms with van der Waals surface area (Å²) in [4.78, 5) is 0. The van der Waals surface area contributed by atoms with Gasteiger partial charge in [-0.3, -0.25) is 0 Å². The van der Waals surface area contributed by atoms with Gasteiger partial charge >= 0.3 is 0 Å². The van der Waals surface area contributed by atoms with Gasteiger partial charge in [0.2, 0.25) is 0 Å². The molecule has 0 aromatic heterocycles. The van der Waals surface area contributed by atoms with E-state index >= 15 is 0 Å². The lowest BCUT2D eigenvalue weighted by Gasteiger charge is -2.09. The van der Waals surface area contributed by atoms with Crippen LogP contribution >= 0.6 is 34.4 Å². The summed E-state index contributed by atoms with van der Waals surface area (Å²) in [6.07, 6.45) is 0.936. The first-order valence-electron chi connectivity index (χ1n) is 4.53. The van der Waals surface area contributed by atoms with Gasteiger partial charge in [0, 0.05) is 9.68 Å². The third kappa shape index (κ3) is 4.31. The van der Waals surface area contributed by atoms with Crippen LogP contribution < -0.4 is 4.74 Å². The number of nitrogens with zero attached hydrogens (tertiary/aromatic N) is 1. The van der Waals surface area contributed by atoms with Crippen LogP contribution in [0.5, 0.6) is 5.75 Å². The average molecular weight is 333 g/mol. The number of thiocyanates is 1. The third-order valence-electron chi connectivity index (χ3n) is 2.01. The lowest BCUT2D eigenvalue weighted by atomic mass is 10.1. The zero-order chi connectivity index (χ0) is 11.1. The van der Waals surface area contributed by atoms with E-state index in [2.05, 4.69) is 40.1 Å². The molecular weight excluding hydrogens is 321 g/mol. The number of hydrogen-bond donors (Lipinski definition) is 0. The molecule has 0 heterocycles. The smallest absolute Gasteiger partial charge is 0.133 e. The monoisotopic (exact) mass is 333 g/mol. The number of alkyl halides is 1. The molecule has 1 aromatic carbocycles. The fraction of sp³-hybridized carbons (Fsp3) is 0.364. The third-order valence-corrected chi connectivity index (χ3v) is 4.45. The summed E-state index contributed by atoms with van der Waals surface area (Å²) in [5, 5.41) is 11.1. The van der Waals surface area contributed by atoms with Gasteiger partial charge < -0.3 is 4.74 Å². The van der Waals surface area contributed by atoms with E-state index in [-0.39, 0.29) is 0 Å². The Morgan fingerprint density at radius 2 is 2.13 bits per heavy atom. The minimum absolute atomic E-state index is 0.379. The molecule has 15 heavy (non-hydrogen) atoms. The van der Waals surface area contributed by atoms with Crippen molar-refractivity contribution < 1.29 is 4.74 Å². The van der Waals surface area contributed by atoms with Crippen molar-refractivity contribution in [2.75, 3.05) is 11.5 Å². The molecule has 0 saturated heterocycles. The van der Waals surface area contributed by atoms with Crippen molar-refractivity contribution in [2.24, 2.45) is 0 Å². The fourth-order valence-corrected chi connectivity index (χ4v) is 2.57. The van der Waals surface area contributed by atoms with E-state index < -0.39 is 0 Å². The molecular formula is C11H12INOS. The summed E-state index contributed by atoms with van der Waals surface area (Å²) >= 11 is 3.67. The molecule has 0 spiro atoms. The Balaban J connectivity index is 2.59. The topological polar surface area (TPSA) is 33.0 Å². The highest BCUT2D eigenvalue weighted by atomic mass is 127. The van der Waals surface area contributed by atoms with E-state index in [1.165, 1.54) is 17.3 Å². The molecule has 0 aliphatic rings. The molecule has 0 fully saturated rings. The summed E-state index contributed by atoms with van der Waals surface area (Å²) in [6.45, 7) is 0. The van der Waals surface area contributed by atoms with E-state index in [1.54, 1.807) is 7.11 Å². The normalized spacial score (nSPS) is 11.8. The molecule has 0 saturated carbocycles. The molecule has 0 amide bonds. The second kappa shape index (κ2) is 6.96. The first-order chi connectivity index (χ1) is 7.30. The van der Waals surface area contributed by atoms with Crippen molar-refractivity contribution >= 4 is 34.4 Å². The van der Waals surface area contributed by atoms with Crippen molar-refractivity contribution in [3.8, 4) is 11.2 Å². The van der Waals surface area contributed by atoms with Gasteiger partial charge in [-0.2, -0.15) is 5.26 Å². The maximum atomic E-state index is 8.62. The molecule has 2 nitrogen and oxygen atoms in total. The van der Waals surface area contributed by atoms with Gasteiger partial charge in [0.25, 0.3) is 0 Å². The van der Waals surface area contributed by atoms with Gasteiger partial charge in [0.1, 0.15) is 11.2 Å². The summed E-state index contributed by atoms with van der Waals surface area (Å²) in [7, 11) is 1.66. The van der Waals surface area contributed by atoms with Crippen molar-refractivity contribution in [2.45, 2.75) is 11.7 Å². The number of hydrogen-bond acceptors (Lipinski definition) is 3. The summed E-state index contributed by atoms with van der Waals surface area (Å²) < 4.78 is 6.08. The van der Waals surface area contributed by atoms with Gasteiger partial charge in [0.15, 0.2) is 0 Å². The van der Waals surface area contributed by atoms with Gasteiger partial charge in [-0.05, 0) is 35.9 Å². The molecule has 0 aliphatic heterocycles. The molecule has 0 aliphatic carbocycles. The Kier molecular flexibility index (Phi) is 5.88. The van der Waals surface area contributed by atoms with Crippen LogP contribution in [0.1, 0.15) is 5.56 Å². The number of ether oxygens (including phenoxy) is 1. The van der Waals surface area contributed by atoms with Crippen molar-refractivity contribution in [1.82, 2.24) is 0 Å². The average Bonchev–Trinajstić information content (AvgIpc) is 2.29. The van der Waals surface area contributed by atoms with E-state index in [0.717, 1.165) is 16.6 Å². The van der Waals surface area contributed by atoms with Gasteiger partial charge in [-0.25, -0.2) is 0 Å². The van der Waals surface area contributed by atoms with Crippen LogP contribution in [0.3, 0.4) is 0 Å². The van der Waals surface area contributed by atoms with E-state index in [4.69, 9.17) is 10.00 Å². The number of thioether (sulfide) groups is 1. The Labute approximate surface area is 108 Å². The Hall–Kier alpha value is -0.410. The molecule has 1 aromatic rings. The Bertz CT molecular complexity index is 333. The van der Waals surface area contributed by atoms with Crippen LogP contribution in [0.15, 0.2) is 24.3 Å². The van der Waals surface area contributed by atoms with E-state index in [1.807, 2.05) is 12.1 Å². The molecule has 1 atom stereocenters. The van der Waals surface area contributed by atoms with Crippen LogP contribution in [0, 0.1) is 10.7 Å². The second-order valence-corrected chi connectivity index (χ2v) is 5.00. The number of nitriles is 1. The Morgan fingerprint density at radius 1 is 1.47 bits per heavy atom. The maximum Gasteiger partial charge on any atom is 0.133 e. The highest BCUT2D eigenvalue weighted by Crippen LogP contribution is 2.19. The van der Waals surface area contributed by atoms with E-state index in [0.29, 0.717) is 5.25 Å². The minimum Gasteiger partial charge on any atom is -0.497 e. The second-order valence-electron chi connectivity index (χ2n) is 3.04. The highest BCUT2D eigenvalue weighted by molar-refractivity contribution is 14.1. The highest BCUT2D eigenvalue weighted by Gasteiger charge is 2.08. The van der Waals surface area contributed by atoms with Crippen LogP contribution in [-0.4, -0.2) is 16.8 Å². The predicted molar refractivity (Wildman–Crippen MR) is 72.6 cm³/mol. The van der Waals surface area contributed by atoms with Crippen LogP contribution in [0.2, 0.25) is 0 Å². The summed E-state index contributed by atoms with van der Waals surface area (Å²) in [5.41, 5.74) is 1.25. The zero-order valence-electron chi connectivity index (χ0n) is 8.44. The van der Waals surface area contributed by atoms with Crippen molar-refractivity contribution in [1.29, 1.82) is 5.26 Å². The zero-order valence-corrected chi connectivity index (χ0v) is 11.4. The summed E-state index contributed by atoms with van der Waals surface area (Å²) in [5.74, 6) is 0.873. The number of rotatable bonds is 5. The first-order valence-corrected chi connectivity index (χ1v) is 6.94. The molecule has 0 N–H and O–H groups in total. The molecule has 0 bridgehead atoms. The lowest BCUT2D eigenvalue weighted by molar-refractivity contribution is 0.414. The minimum atomic E-state index is 0.379. The maximum absolute atomic E-state index is 8.62. The van der Waals surface area contributed by atoms with Gasteiger partial charge in [-0.15, -0.1) is 0 Å². The molecule has 1 rings (SSSR count). The number of benzene rings is 1.